The number of rotatable bonds is 3. The number of nitrogens with zero attached hydrogens (tertiary/aromatic N) is 2. The highest BCUT2D eigenvalue weighted by Crippen LogP contribution is 2.31. The Morgan fingerprint density at radius 3 is 2.85 bits per heavy atom. The van der Waals surface area contributed by atoms with Crippen LogP contribution >= 0.6 is 11.3 Å². The van der Waals surface area contributed by atoms with Gasteiger partial charge in [-0.2, -0.15) is 5.10 Å². The molecule has 0 spiro atoms. The van der Waals surface area contributed by atoms with Gasteiger partial charge in [-0.15, -0.1) is 11.3 Å². The summed E-state index contributed by atoms with van der Waals surface area (Å²) in [4.78, 5) is 0. The molecule has 0 atom stereocenters. The molecule has 104 valence electrons. The number of aromatic nitrogens is 2. The molecule has 2 heterocycles. The van der Waals surface area contributed by atoms with Crippen molar-refractivity contribution in [2.24, 2.45) is 0 Å². The van der Waals surface area contributed by atoms with Gasteiger partial charge in [0.25, 0.3) is 0 Å². The fourth-order valence-corrected chi connectivity index (χ4v) is 3.01. The van der Waals surface area contributed by atoms with E-state index in [4.69, 9.17) is 5.73 Å². The van der Waals surface area contributed by atoms with E-state index in [9.17, 15) is 0 Å². The molecule has 0 amide bonds. The predicted molar refractivity (Wildman–Crippen MR) is 86.9 cm³/mol. The standard InChI is InChI=1S/C15H18N4S/c1-9(2)19-15(14(16)10(3)18-19)17-12-4-5-13-11(8-12)6-7-20-13/h4-9,17H,16H2,1-3H3. The molecule has 2 aromatic heterocycles. The summed E-state index contributed by atoms with van der Waals surface area (Å²) in [5, 5.41) is 11.2. The summed E-state index contributed by atoms with van der Waals surface area (Å²) >= 11 is 1.75. The number of benzene rings is 1. The normalized spacial score (nSPS) is 11.4. The van der Waals surface area contributed by atoms with E-state index in [-0.39, 0.29) is 6.04 Å². The van der Waals surface area contributed by atoms with Crippen molar-refractivity contribution >= 4 is 38.6 Å². The van der Waals surface area contributed by atoms with Crippen molar-refractivity contribution in [2.75, 3.05) is 11.1 Å². The molecule has 0 unspecified atom stereocenters. The van der Waals surface area contributed by atoms with Gasteiger partial charge in [0.15, 0.2) is 5.82 Å². The zero-order valence-corrected chi connectivity index (χ0v) is 12.7. The molecule has 0 saturated carbocycles. The molecule has 5 heteroatoms. The van der Waals surface area contributed by atoms with Crippen LogP contribution in [0.2, 0.25) is 0 Å². The van der Waals surface area contributed by atoms with Crippen molar-refractivity contribution in [2.45, 2.75) is 26.8 Å². The van der Waals surface area contributed by atoms with Crippen LogP contribution in [-0.2, 0) is 0 Å². The lowest BCUT2D eigenvalue weighted by Gasteiger charge is -2.13. The number of thiophene rings is 1. The molecule has 3 aromatic rings. The molecule has 0 saturated heterocycles. The summed E-state index contributed by atoms with van der Waals surface area (Å²) in [5.41, 5.74) is 8.74. The molecule has 20 heavy (non-hydrogen) atoms. The van der Waals surface area contributed by atoms with Crippen molar-refractivity contribution in [1.29, 1.82) is 0 Å². The Hall–Kier alpha value is -2.01. The van der Waals surface area contributed by atoms with Crippen LogP contribution in [-0.4, -0.2) is 9.78 Å². The zero-order chi connectivity index (χ0) is 14.3. The largest absolute Gasteiger partial charge is 0.394 e. The fourth-order valence-electron chi connectivity index (χ4n) is 2.24. The highest BCUT2D eigenvalue weighted by atomic mass is 32.1. The van der Waals surface area contributed by atoms with Crippen LogP contribution in [0.5, 0.6) is 0 Å². The Labute approximate surface area is 122 Å². The van der Waals surface area contributed by atoms with Gasteiger partial charge in [-0.05, 0) is 55.8 Å². The summed E-state index contributed by atoms with van der Waals surface area (Å²) in [6.45, 7) is 6.12. The van der Waals surface area contributed by atoms with Gasteiger partial charge in [0.2, 0.25) is 0 Å². The van der Waals surface area contributed by atoms with Crippen molar-refractivity contribution in [3.05, 3.63) is 35.3 Å². The van der Waals surface area contributed by atoms with Crippen LogP contribution < -0.4 is 11.1 Å². The number of anilines is 3. The third-order valence-corrected chi connectivity index (χ3v) is 4.23. The number of aryl methyl sites for hydroxylation is 1. The predicted octanol–water partition coefficient (Wildman–Crippen LogP) is 4.31. The number of nitrogens with two attached hydrogens (primary N) is 1. The van der Waals surface area contributed by atoms with Crippen molar-refractivity contribution < 1.29 is 0 Å². The summed E-state index contributed by atoms with van der Waals surface area (Å²) in [7, 11) is 0. The molecule has 4 nitrogen and oxygen atoms in total. The van der Waals surface area contributed by atoms with E-state index in [0.717, 1.165) is 17.2 Å². The van der Waals surface area contributed by atoms with Crippen molar-refractivity contribution in [1.82, 2.24) is 9.78 Å². The first-order chi connectivity index (χ1) is 9.56. The van der Waals surface area contributed by atoms with E-state index in [1.807, 2.05) is 11.6 Å². The number of nitrogens with one attached hydrogen (secondary N) is 1. The first kappa shape index (κ1) is 13.0. The minimum atomic E-state index is 0.262. The average molecular weight is 286 g/mol. The number of hydrogen-bond acceptors (Lipinski definition) is 4. The topological polar surface area (TPSA) is 55.9 Å². The SMILES string of the molecule is Cc1nn(C(C)C)c(Nc2ccc3sccc3c2)c1N. The van der Waals surface area contributed by atoms with Gasteiger partial charge in [-0.3, -0.25) is 0 Å². The molecule has 0 aliphatic rings. The third-order valence-electron chi connectivity index (χ3n) is 3.34. The average Bonchev–Trinajstić information content (AvgIpc) is 2.98. The van der Waals surface area contributed by atoms with Gasteiger partial charge >= 0.3 is 0 Å². The molecule has 0 fully saturated rings. The summed E-state index contributed by atoms with van der Waals surface area (Å²) in [6.07, 6.45) is 0. The zero-order valence-electron chi connectivity index (χ0n) is 11.8. The highest BCUT2D eigenvalue weighted by Gasteiger charge is 2.14. The minimum absolute atomic E-state index is 0.262. The van der Waals surface area contributed by atoms with Gasteiger partial charge in [-0.1, -0.05) is 0 Å². The number of nitrogen functional groups attached to an aromatic ring is 1. The van der Waals surface area contributed by atoms with Gasteiger partial charge in [-0.25, -0.2) is 4.68 Å². The first-order valence-corrected chi connectivity index (χ1v) is 7.53. The quantitative estimate of drug-likeness (QED) is 0.754. The van der Waals surface area contributed by atoms with E-state index in [1.54, 1.807) is 11.3 Å². The van der Waals surface area contributed by atoms with Crippen LogP contribution in [0.3, 0.4) is 0 Å². The Morgan fingerprint density at radius 1 is 1.30 bits per heavy atom. The highest BCUT2D eigenvalue weighted by molar-refractivity contribution is 7.17. The lowest BCUT2D eigenvalue weighted by molar-refractivity contribution is 0.536. The Kier molecular flexibility index (Phi) is 3.14. The number of fused-ring (bicyclic) bond motifs is 1. The molecule has 0 radical (unpaired) electrons. The molecular formula is C15H18N4S. The smallest absolute Gasteiger partial charge is 0.152 e. The van der Waals surface area contributed by atoms with Crippen LogP contribution in [0.1, 0.15) is 25.6 Å². The number of hydrogen-bond donors (Lipinski definition) is 2. The maximum Gasteiger partial charge on any atom is 0.152 e. The van der Waals surface area contributed by atoms with Crippen molar-refractivity contribution in [3.63, 3.8) is 0 Å². The first-order valence-electron chi connectivity index (χ1n) is 6.65. The Morgan fingerprint density at radius 2 is 2.10 bits per heavy atom. The monoisotopic (exact) mass is 286 g/mol. The summed E-state index contributed by atoms with van der Waals surface area (Å²) < 4.78 is 3.22. The third kappa shape index (κ3) is 2.14. The molecular weight excluding hydrogens is 268 g/mol. The molecule has 1 aromatic carbocycles. The maximum atomic E-state index is 6.14. The van der Waals surface area contributed by atoms with E-state index in [0.29, 0.717) is 5.69 Å². The van der Waals surface area contributed by atoms with Crippen LogP contribution in [0.4, 0.5) is 17.2 Å². The van der Waals surface area contributed by atoms with E-state index in [2.05, 4.69) is 53.9 Å². The lowest BCUT2D eigenvalue weighted by atomic mass is 10.2. The molecule has 0 aliphatic heterocycles. The minimum Gasteiger partial charge on any atom is -0.394 e. The van der Waals surface area contributed by atoms with Crippen LogP contribution in [0.25, 0.3) is 10.1 Å². The van der Waals surface area contributed by atoms with E-state index in [1.165, 1.54) is 10.1 Å². The van der Waals surface area contributed by atoms with Gasteiger partial charge < -0.3 is 11.1 Å². The Bertz CT molecular complexity index is 754. The van der Waals surface area contributed by atoms with Gasteiger partial charge in [0.1, 0.15) is 0 Å². The van der Waals surface area contributed by atoms with Crippen LogP contribution in [0, 0.1) is 6.92 Å². The second-order valence-electron chi connectivity index (χ2n) is 5.18. The van der Waals surface area contributed by atoms with Crippen LogP contribution in [0.15, 0.2) is 29.6 Å². The molecule has 0 aliphatic carbocycles. The van der Waals surface area contributed by atoms with Crippen molar-refractivity contribution in [3.8, 4) is 0 Å². The summed E-state index contributed by atoms with van der Waals surface area (Å²) in [5.74, 6) is 0.868. The molecule has 0 bridgehead atoms. The maximum absolute atomic E-state index is 6.14. The van der Waals surface area contributed by atoms with Gasteiger partial charge in [0, 0.05) is 16.4 Å². The van der Waals surface area contributed by atoms with Gasteiger partial charge in [0.05, 0.1) is 11.4 Å². The Balaban J connectivity index is 2.01. The summed E-state index contributed by atoms with van der Waals surface area (Å²) in [6, 6.07) is 8.73. The molecule has 3 rings (SSSR count). The van der Waals surface area contributed by atoms with E-state index >= 15 is 0 Å². The fraction of sp³-hybridized carbons (Fsp3) is 0.267. The molecule has 3 N–H and O–H groups in total. The second kappa shape index (κ2) is 4.83. The lowest BCUT2D eigenvalue weighted by Crippen LogP contribution is -2.08. The second-order valence-corrected chi connectivity index (χ2v) is 6.13. The van der Waals surface area contributed by atoms with E-state index < -0.39 is 0 Å².